The Kier molecular flexibility index (Phi) is 6.53. The molecule has 1 fully saturated rings. The van der Waals surface area contributed by atoms with Crippen LogP contribution in [0.5, 0.6) is 0 Å². The van der Waals surface area contributed by atoms with Crippen molar-refractivity contribution in [2.45, 2.75) is 38.3 Å². The first kappa shape index (κ1) is 21.7. The summed E-state index contributed by atoms with van der Waals surface area (Å²) in [4.78, 5) is 31.2. The molecule has 1 unspecified atom stereocenters. The molecule has 0 bridgehead atoms. The maximum absolute atomic E-state index is 13.1. The van der Waals surface area contributed by atoms with Crippen LogP contribution in [0.25, 0.3) is 0 Å². The Balaban J connectivity index is 1.47. The van der Waals surface area contributed by atoms with Crippen molar-refractivity contribution in [3.05, 3.63) is 47.4 Å². The Bertz CT molecular complexity index is 930. The smallest absolute Gasteiger partial charge is 0.241 e. The van der Waals surface area contributed by atoms with Gasteiger partial charge < -0.3 is 9.80 Å². The zero-order chi connectivity index (χ0) is 22.0. The molecule has 4 rings (SSSR count). The number of likely N-dealkylation sites (N-methyl/N-ethyl adjacent to an activating group) is 1. The van der Waals surface area contributed by atoms with Gasteiger partial charge in [0.15, 0.2) is 0 Å². The number of rotatable bonds is 6. The Morgan fingerprint density at radius 1 is 1.13 bits per heavy atom. The number of fused-ring (bicyclic) bond motifs is 1. The fraction of sp³-hybridized carbons (Fsp3) is 0.542. The maximum Gasteiger partial charge on any atom is 0.241 e. The number of anilines is 2. The fourth-order valence-corrected chi connectivity index (χ4v) is 4.64. The second-order valence-electron chi connectivity index (χ2n) is 9.06. The van der Waals surface area contributed by atoms with Crippen LogP contribution in [0.4, 0.5) is 11.5 Å². The SMILES string of the molecule is CN(CC(=O)N1CCCc2ccccc21)Cc1cc(N(C)C)nc(C2CCCN2C)n1. The van der Waals surface area contributed by atoms with E-state index in [1.54, 1.807) is 0 Å². The van der Waals surface area contributed by atoms with Gasteiger partial charge in [-0.25, -0.2) is 9.97 Å². The fourth-order valence-electron chi connectivity index (χ4n) is 4.64. The zero-order valence-corrected chi connectivity index (χ0v) is 19.2. The Hall–Kier alpha value is -2.51. The van der Waals surface area contributed by atoms with Crippen molar-refractivity contribution >= 4 is 17.4 Å². The van der Waals surface area contributed by atoms with E-state index in [0.717, 1.165) is 55.4 Å². The van der Waals surface area contributed by atoms with E-state index in [4.69, 9.17) is 9.97 Å². The predicted octanol–water partition coefficient (Wildman–Crippen LogP) is 2.72. The summed E-state index contributed by atoms with van der Waals surface area (Å²) in [6.45, 7) is 2.86. The first-order chi connectivity index (χ1) is 14.9. The molecular formula is C24H34N6O. The minimum Gasteiger partial charge on any atom is -0.363 e. The van der Waals surface area contributed by atoms with Gasteiger partial charge in [0.05, 0.1) is 18.3 Å². The highest BCUT2D eigenvalue weighted by atomic mass is 16.2. The molecule has 0 aliphatic carbocycles. The Morgan fingerprint density at radius 2 is 1.94 bits per heavy atom. The summed E-state index contributed by atoms with van der Waals surface area (Å²) in [6, 6.07) is 10.6. The molecule has 0 saturated carbocycles. The number of carbonyl (C=O) groups is 1. The molecule has 7 heteroatoms. The lowest BCUT2D eigenvalue weighted by Gasteiger charge is -2.31. The van der Waals surface area contributed by atoms with E-state index in [1.807, 2.05) is 43.1 Å². The van der Waals surface area contributed by atoms with Gasteiger partial charge in [0.25, 0.3) is 0 Å². The van der Waals surface area contributed by atoms with Crippen molar-refractivity contribution in [2.75, 3.05) is 57.6 Å². The van der Waals surface area contributed by atoms with Crippen molar-refractivity contribution < 1.29 is 4.79 Å². The first-order valence-corrected chi connectivity index (χ1v) is 11.2. The van der Waals surface area contributed by atoms with Crippen LogP contribution >= 0.6 is 0 Å². The van der Waals surface area contributed by atoms with Crippen LogP contribution in [0, 0.1) is 0 Å². The molecule has 2 aliphatic heterocycles. The molecule has 2 aromatic rings. The van der Waals surface area contributed by atoms with Crippen LogP contribution in [0.15, 0.2) is 30.3 Å². The van der Waals surface area contributed by atoms with Gasteiger partial charge in [-0.1, -0.05) is 18.2 Å². The van der Waals surface area contributed by atoms with E-state index < -0.39 is 0 Å². The van der Waals surface area contributed by atoms with Gasteiger partial charge in [-0.05, 0) is 58.0 Å². The highest BCUT2D eigenvalue weighted by Crippen LogP contribution is 2.30. The standard InChI is InChI=1S/C24H34N6O/c1-27(2)22-15-19(25-24(26-22)21-12-8-13-29(21)4)16-28(3)17-23(31)30-14-7-10-18-9-5-6-11-20(18)30/h5-6,9,11,15,21H,7-8,10,12-14,16-17H2,1-4H3. The number of aryl methyl sites for hydroxylation is 1. The number of hydrogen-bond donors (Lipinski definition) is 0. The molecule has 0 spiro atoms. The summed E-state index contributed by atoms with van der Waals surface area (Å²) in [6.07, 6.45) is 4.33. The summed E-state index contributed by atoms with van der Waals surface area (Å²) < 4.78 is 0. The second-order valence-corrected chi connectivity index (χ2v) is 9.06. The van der Waals surface area contributed by atoms with Gasteiger partial charge >= 0.3 is 0 Å². The molecule has 31 heavy (non-hydrogen) atoms. The molecule has 3 heterocycles. The lowest BCUT2D eigenvalue weighted by atomic mass is 10.0. The van der Waals surface area contributed by atoms with Gasteiger partial charge in [-0.3, -0.25) is 14.6 Å². The molecular weight excluding hydrogens is 388 g/mol. The highest BCUT2D eigenvalue weighted by Gasteiger charge is 2.27. The summed E-state index contributed by atoms with van der Waals surface area (Å²) in [7, 11) is 8.15. The lowest BCUT2D eigenvalue weighted by Crippen LogP contribution is -2.41. The molecule has 2 aliphatic rings. The number of nitrogens with zero attached hydrogens (tertiary/aromatic N) is 6. The molecule has 1 saturated heterocycles. The minimum atomic E-state index is 0.146. The van der Waals surface area contributed by atoms with E-state index in [1.165, 1.54) is 12.0 Å². The van der Waals surface area contributed by atoms with Crippen LogP contribution in [-0.2, 0) is 17.8 Å². The number of carbonyl (C=O) groups excluding carboxylic acids is 1. The van der Waals surface area contributed by atoms with Crippen LogP contribution in [0.2, 0.25) is 0 Å². The lowest BCUT2D eigenvalue weighted by molar-refractivity contribution is -0.119. The largest absolute Gasteiger partial charge is 0.363 e. The number of likely N-dealkylation sites (tertiary alicyclic amines) is 1. The van der Waals surface area contributed by atoms with Crippen molar-refractivity contribution in [2.24, 2.45) is 0 Å². The zero-order valence-electron chi connectivity index (χ0n) is 19.2. The quantitative estimate of drug-likeness (QED) is 0.714. The predicted molar refractivity (Wildman–Crippen MR) is 124 cm³/mol. The van der Waals surface area contributed by atoms with Crippen molar-refractivity contribution in [3.63, 3.8) is 0 Å². The van der Waals surface area contributed by atoms with Crippen LogP contribution in [0.1, 0.15) is 42.4 Å². The Morgan fingerprint density at radius 3 is 2.68 bits per heavy atom. The van der Waals surface area contributed by atoms with Crippen molar-refractivity contribution in [1.29, 1.82) is 0 Å². The summed E-state index contributed by atoms with van der Waals surface area (Å²) >= 11 is 0. The van der Waals surface area contributed by atoms with E-state index in [9.17, 15) is 4.79 Å². The molecule has 0 N–H and O–H groups in total. The molecule has 1 aromatic carbocycles. The van der Waals surface area contributed by atoms with E-state index in [-0.39, 0.29) is 11.9 Å². The number of hydrogen-bond acceptors (Lipinski definition) is 6. The van der Waals surface area contributed by atoms with Gasteiger partial charge in [0.2, 0.25) is 5.91 Å². The first-order valence-electron chi connectivity index (χ1n) is 11.2. The van der Waals surface area contributed by atoms with E-state index >= 15 is 0 Å². The van der Waals surface area contributed by atoms with E-state index in [0.29, 0.717) is 13.1 Å². The summed E-state index contributed by atoms with van der Waals surface area (Å²) in [5.74, 6) is 1.96. The third kappa shape index (κ3) is 4.88. The number of aromatic nitrogens is 2. The van der Waals surface area contributed by atoms with Gasteiger partial charge in [0, 0.05) is 38.9 Å². The maximum atomic E-state index is 13.1. The topological polar surface area (TPSA) is 55.8 Å². The normalized spacial score (nSPS) is 19.0. The number of amides is 1. The summed E-state index contributed by atoms with van der Waals surface area (Å²) in [5, 5.41) is 0. The molecule has 166 valence electrons. The molecule has 1 atom stereocenters. The minimum absolute atomic E-state index is 0.146. The third-order valence-electron chi connectivity index (χ3n) is 6.31. The molecule has 7 nitrogen and oxygen atoms in total. The van der Waals surface area contributed by atoms with Gasteiger partial charge in [-0.2, -0.15) is 0 Å². The van der Waals surface area contributed by atoms with Gasteiger partial charge in [-0.15, -0.1) is 0 Å². The highest BCUT2D eigenvalue weighted by molar-refractivity contribution is 5.95. The molecule has 0 radical (unpaired) electrons. The molecule has 1 aromatic heterocycles. The van der Waals surface area contributed by atoms with Crippen LogP contribution in [-0.4, -0.2) is 73.5 Å². The monoisotopic (exact) mass is 422 g/mol. The van der Waals surface area contributed by atoms with Crippen molar-refractivity contribution in [1.82, 2.24) is 19.8 Å². The molecule has 1 amide bonds. The van der Waals surface area contributed by atoms with E-state index in [2.05, 4.69) is 35.0 Å². The average molecular weight is 423 g/mol. The third-order valence-corrected chi connectivity index (χ3v) is 6.31. The average Bonchev–Trinajstić information content (AvgIpc) is 3.18. The second kappa shape index (κ2) is 9.32. The number of para-hydroxylation sites is 1. The van der Waals surface area contributed by atoms with Crippen LogP contribution in [0.3, 0.4) is 0 Å². The van der Waals surface area contributed by atoms with Crippen LogP contribution < -0.4 is 9.80 Å². The Labute approximate surface area is 185 Å². The van der Waals surface area contributed by atoms with Crippen molar-refractivity contribution in [3.8, 4) is 0 Å². The van der Waals surface area contributed by atoms with Gasteiger partial charge in [0.1, 0.15) is 11.6 Å². The number of benzene rings is 1. The summed E-state index contributed by atoms with van der Waals surface area (Å²) in [5.41, 5.74) is 3.29.